The van der Waals surface area contributed by atoms with Gasteiger partial charge >= 0.3 is 6.03 Å². The second kappa shape index (κ2) is 5.82. The Balaban J connectivity index is 2.65. The number of benzene rings is 1. The van der Waals surface area contributed by atoms with Gasteiger partial charge in [0, 0.05) is 17.8 Å². The predicted octanol–water partition coefficient (Wildman–Crippen LogP) is 2.42. The summed E-state index contributed by atoms with van der Waals surface area (Å²) in [6.45, 7) is 5.36. The maximum Gasteiger partial charge on any atom is 0.319 e. The first-order valence-corrected chi connectivity index (χ1v) is 5.80. The van der Waals surface area contributed by atoms with Gasteiger partial charge in [-0.2, -0.15) is 0 Å². The number of amides is 2. The summed E-state index contributed by atoms with van der Waals surface area (Å²) < 4.78 is 12.9. The Morgan fingerprint density at radius 3 is 2.67 bits per heavy atom. The molecule has 0 atom stereocenters. The van der Waals surface area contributed by atoms with Gasteiger partial charge in [0.05, 0.1) is 0 Å². The molecule has 0 aliphatic heterocycles. The van der Waals surface area contributed by atoms with E-state index in [2.05, 4.69) is 10.6 Å². The third-order valence-corrected chi connectivity index (χ3v) is 2.63. The summed E-state index contributed by atoms with van der Waals surface area (Å²) in [6, 6.07) is 3.79. The number of nitrogens with one attached hydrogen (secondary N) is 2. The number of aliphatic hydroxyl groups is 1. The van der Waals surface area contributed by atoms with Crippen molar-refractivity contribution in [3.8, 4) is 0 Å². The molecular weight excluding hydrogens is 235 g/mol. The van der Waals surface area contributed by atoms with Crippen LogP contribution < -0.4 is 10.6 Å². The summed E-state index contributed by atoms with van der Waals surface area (Å²) in [5, 5.41) is 14.3. The first kappa shape index (κ1) is 14.4. The summed E-state index contributed by atoms with van der Waals surface area (Å²) >= 11 is 0. The average molecular weight is 254 g/mol. The lowest BCUT2D eigenvalue weighted by atomic mass is 10.0. The minimum atomic E-state index is -0.493. The number of rotatable bonds is 4. The third kappa shape index (κ3) is 4.33. The Morgan fingerprint density at radius 2 is 2.11 bits per heavy atom. The van der Waals surface area contributed by atoms with Crippen molar-refractivity contribution >= 4 is 11.7 Å². The molecule has 4 nitrogen and oxygen atoms in total. The number of anilines is 1. The molecule has 0 fully saturated rings. The van der Waals surface area contributed by atoms with Crippen molar-refractivity contribution in [1.29, 1.82) is 0 Å². The first-order chi connectivity index (χ1) is 8.34. The zero-order valence-electron chi connectivity index (χ0n) is 10.9. The van der Waals surface area contributed by atoms with Crippen LogP contribution in [0, 0.1) is 12.7 Å². The van der Waals surface area contributed by atoms with E-state index < -0.39 is 5.54 Å². The molecule has 1 aromatic rings. The van der Waals surface area contributed by atoms with Gasteiger partial charge in [0.25, 0.3) is 0 Å². The van der Waals surface area contributed by atoms with Crippen molar-refractivity contribution in [3.05, 3.63) is 29.6 Å². The third-order valence-electron chi connectivity index (χ3n) is 2.63. The predicted molar refractivity (Wildman–Crippen MR) is 69.1 cm³/mol. The number of hydrogen-bond acceptors (Lipinski definition) is 2. The van der Waals surface area contributed by atoms with E-state index in [4.69, 9.17) is 5.11 Å². The van der Waals surface area contributed by atoms with Crippen molar-refractivity contribution in [2.45, 2.75) is 32.7 Å². The zero-order valence-corrected chi connectivity index (χ0v) is 10.9. The number of halogens is 1. The highest BCUT2D eigenvalue weighted by Crippen LogP contribution is 2.16. The molecule has 0 aliphatic rings. The molecule has 0 spiro atoms. The number of aliphatic hydroxyl groups excluding tert-OH is 1. The number of carbonyl (C=O) groups is 1. The molecule has 0 heterocycles. The van der Waals surface area contributed by atoms with Crippen LogP contribution >= 0.6 is 0 Å². The lowest BCUT2D eigenvalue weighted by Crippen LogP contribution is -2.46. The van der Waals surface area contributed by atoms with Gasteiger partial charge in [0.2, 0.25) is 0 Å². The molecule has 0 bridgehead atoms. The van der Waals surface area contributed by atoms with Crippen molar-refractivity contribution in [2.75, 3.05) is 11.9 Å². The van der Waals surface area contributed by atoms with Crippen LogP contribution in [0.25, 0.3) is 0 Å². The van der Waals surface area contributed by atoms with Gasteiger partial charge in [-0.05, 0) is 51.0 Å². The molecule has 1 aromatic carbocycles. The van der Waals surface area contributed by atoms with Gasteiger partial charge in [0.15, 0.2) is 0 Å². The number of urea groups is 1. The van der Waals surface area contributed by atoms with E-state index in [9.17, 15) is 9.18 Å². The highest BCUT2D eigenvalue weighted by Gasteiger charge is 2.19. The highest BCUT2D eigenvalue weighted by atomic mass is 19.1. The van der Waals surface area contributed by atoms with Gasteiger partial charge in [0.1, 0.15) is 5.82 Å². The lowest BCUT2D eigenvalue weighted by Gasteiger charge is -2.25. The maximum atomic E-state index is 12.9. The van der Waals surface area contributed by atoms with Crippen LogP contribution in [0.2, 0.25) is 0 Å². The van der Waals surface area contributed by atoms with Crippen LogP contribution in [0.15, 0.2) is 18.2 Å². The summed E-state index contributed by atoms with van der Waals surface area (Å²) in [5.74, 6) is -0.334. The Morgan fingerprint density at radius 1 is 1.44 bits per heavy atom. The van der Waals surface area contributed by atoms with E-state index in [1.165, 1.54) is 18.2 Å². The highest BCUT2D eigenvalue weighted by molar-refractivity contribution is 5.90. The van der Waals surface area contributed by atoms with Crippen molar-refractivity contribution in [2.24, 2.45) is 0 Å². The molecule has 3 N–H and O–H groups in total. The Labute approximate surface area is 106 Å². The topological polar surface area (TPSA) is 61.4 Å². The molecule has 1 rings (SSSR count). The second-order valence-corrected chi connectivity index (χ2v) is 4.90. The lowest BCUT2D eigenvalue weighted by molar-refractivity contribution is 0.218. The van der Waals surface area contributed by atoms with Gasteiger partial charge < -0.3 is 15.7 Å². The van der Waals surface area contributed by atoms with Gasteiger partial charge in [-0.3, -0.25) is 0 Å². The minimum Gasteiger partial charge on any atom is -0.396 e. The molecule has 100 valence electrons. The molecule has 18 heavy (non-hydrogen) atoms. The minimum absolute atomic E-state index is 0.00283. The molecule has 0 aromatic heterocycles. The van der Waals surface area contributed by atoms with Crippen LogP contribution in [0.5, 0.6) is 0 Å². The normalized spacial score (nSPS) is 11.2. The van der Waals surface area contributed by atoms with Gasteiger partial charge in [-0.15, -0.1) is 0 Å². The summed E-state index contributed by atoms with van der Waals surface area (Å²) in [5.41, 5.74) is 0.728. The van der Waals surface area contributed by atoms with Crippen LogP contribution in [0.4, 0.5) is 14.9 Å². The van der Waals surface area contributed by atoms with Crippen molar-refractivity contribution in [1.82, 2.24) is 5.32 Å². The Kier molecular flexibility index (Phi) is 4.67. The molecule has 0 radical (unpaired) electrons. The fourth-order valence-corrected chi connectivity index (χ4v) is 1.57. The number of carbonyl (C=O) groups excluding carboxylic acids is 1. The fourth-order valence-electron chi connectivity index (χ4n) is 1.57. The monoisotopic (exact) mass is 254 g/mol. The van der Waals surface area contributed by atoms with Gasteiger partial charge in [-0.1, -0.05) is 0 Å². The SMILES string of the molecule is Cc1cc(F)ccc1NC(=O)NC(C)(C)CCO. The summed E-state index contributed by atoms with van der Waals surface area (Å²) in [4.78, 5) is 11.7. The van der Waals surface area contributed by atoms with E-state index >= 15 is 0 Å². The largest absolute Gasteiger partial charge is 0.396 e. The van der Waals surface area contributed by atoms with E-state index in [1.807, 2.05) is 13.8 Å². The molecule has 0 aliphatic carbocycles. The Bertz CT molecular complexity index is 433. The summed E-state index contributed by atoms with van der Waals surface area (Å²) in [7, 11) is 0. The van der Waals surface area contributed by atoms with E-state index in [0.717, 1.165) is 0 Å². The van der Waals surface area contributed by atoms with E-state index in [1.54, 1.807) is 6.92 Å². The van der Waals surface area contributed by atoms with Crippen molar-refractivity contribution < 1.29 is 14.3 Å². The van der Waals surface area contributed by atoms with Crippen molar-refractivity contribution in [3.63, 3.8) is 0 Å². The Hall–Kier alpha value is -1.62. The van der Waals surface area contributed by atoms with Gasteiger partial charge in [-0.25, -0.2) is 9.18 Å². The molecule has 0 saturated heterocycles. The van der Waals surface area contributed by atoms with E-state index in [-0.39, 0.29) is 18.5 Å². The van der Waals surface area contributed by atoms with E-state index in [0.29, 0.717) is 17.7 Å². The molecule has 5 heteroatoms. The molecule has 0 saturated carbocycles. The standard InChI is InChI=1S/C13H19FN2O2/c1-9-8-10(14)4-5-11(9)15-12(18)16-13(2,3)6-7-17/h4-5,8,17H,6-7H2,1-3H3,(H2,15,16,18). The molecular formula is C13H19FN2O2. The smallest absolute Gasteiger partial charge is 0.319 e. The molecule has 2 amide bonds. The maximum absolute atomic E-state index is 12.9. The zero-order chi connectivity index (χ0) is 13.8. The first-order valence-electron chi connectivity index (χ1n) is 5.80. The quantitative estimate of drug-likeness (QED) is 0.772. The summed E-state index contributed by atoms with van der Waals surface area (Å²) in [6.07, 6.45) is 0.461. The van der Waals surface area contributed by atoms with Crippen LogP contribution in [0.1, 0.15) is 25.8 Å². The average Bonchev–Trinajstić information content (AvgIpc) is 2.21. The van der Waals surface area contributed by atoms with Crippen LogP contribution in [-0.2, 0) is 0 Å². The fraction of sp³-hybridized carbons (Fsp3) is 0.462. The second-order valence-electron chi connectivity index (χ2n) is 4.90. The number of hydrogen-bond donors (Lipinski definition) is 3. The van der Waals surface area contributed by atoms with Crippen LogP contribution in [-0.4, -0.2) is 23.3 Å². The number of aryl methyl sites for hydroxylation is 1. The van der Waals surface area contributed by atoms with Crippen LogP contribution in [0.3, 0.4) is 0 Å². The molecule has 0 unspecified atom stereocenters.